The topological polar surface area (TPSA) is 61.5 Å². The lowest BCUT2D eigenvalue weighted by molar-refractivity contribution is -0.156. The van der Waals surface area contributed by atoms with E-state index in [1.807, 2.05) is 0 Å². The Morgan fingerprint density at radius 1 is 1.32 bits per heavy atom. The highest BCUT2D eigenvalue weighted by molar-refractivity contribution is 5.76. The molecule has 0 saturated heterocycles. The molecule has 1 atom stereocenters. The van der Waals surface area contributed by atoms with Gasteiger partial charge in [-0.3, -0.25) is 4.79 Å². The third-order valence-corrected chi connectivity index (χ3v) is 2.31. The summed E-state index contributed by atoms with van der Waals surface area (Å²) < 4.78 is 21.8. The van der Waals surface area contributed by atoms with Gasteiger partial charge in [-0.2, -0.15) is 0 Å². The monoisotopic (exact) mass is 269 g/mol. The van der Waals surface area contributed by atoms with Gasteiger partial charge in [0.25, 0.3) is 0 Å². The molecule has 0 fully saturated rings. The first-order chi connectivity index (χ1) is 8.81. The van der Waals surface area contributed by atoms with Crippen molar-refractivity contribution in [3.63, 3.8) is 0 Å². The van der Waals surface area contributed by atoms with E-state index >= 15 is 0 Å². The Kier molecular flexibility index (Phi) is 5.30. The van der Waals surface area contributed by atoms with Crippen LogP contribution < -0.4 is 10.5 Å². The molecular formula is C14H20FNO3. The molecule has 0 bridgehead atoms. The fraction of sp³-hybridized carbons (Fsp3) is 0.500. The summed E-state index contributed by atoms with van der Waals surface area (Å²) in [4.78, 5) is 11.7. The smallest absolute Gasteiger partial charge is 0.323 e. The van der Waals surface area contributed by atoms with Crippen LogP contribution >= 0.6 is 0 Å². The van der Waals surface area contributed by atoms with Gasteiger partial charge < -0.3 is 15.2 Å². The Morgan fingerprint density at radius 2 is 1.89 bits per heavy atom. The number of hydrogen-bond acceptors (Lipinski definition) is 4. The number of benzene rings is 1. The molecule has 19 heavy (non-hydrogen) atoms. The van der Waals surface area contributed by atoms with E-state index in [2.05, 4.69) is 4.74 Å². The number of halogens is 1. The van der Waals surface area contributed by atoms with E-state index in [0.29, 0.717) is 12.2 Å². The molecule has 2 N–H and O–H groups in total. The molecule has 106 valence electrons. The highest BCUT2D eigenvalue weighted by Gasteiger charge is 2.22. The van der Waals surface area contributed by atoms with E-state index < -0.39 is 24.5 Å². The average Bonchev–Trinajstić information content (AvgIpc) is 2.29. The Labute approximate surface area is 112 Å². The number of alkyl halides is 1. The summed E-state index contributed by atoms with van der Waals surface area (Å²) in [6.45, 7) is 4.51. The number of hydrogen-bond donors (Lipinski definition) is 1. The maximum Gasteiger partial charge on any atom is 0.323 e. The second-order valence-electron chi connectivity index (χ2n) is 5.24. The Balaban J connectivity index is 2.56. The van der Waals surface area contributed by atoms with Crippen molar-refractivity contribution >= 4 is 5.97 Å². The molecule has 0 heterocycles. The van der Waals surface area contributed by atoms with Crippen LogP contribution in [0.5, 0.6) is 5.75 Å². The van der Waals surface area contributed by atoms with E-state index in [0.717, 1.165) is 5.56 Å². The second kappa shape index (κ2) is 6.52. The van der Waals surface area contributed by atoms with Gasteiger partial charge in [0, 0.05) is 0 Å². The Morgan fingerprint density at radius 3 is 2.37 bits per heavy atom. The van der Waals surface area contributed by atoms with E-state index in [1.165, 1.54) is 0 Å². The number of carbonyl (C=O) groups excluding carboxylic acids is 1. The maximum absolute atomic E-state index is 11.9. The first-order valence-corrected chi connectivity index (χ1v) is 6.08. The molecule has 1 aromatic rings. The van der Waals surface area contributed by atoms with E-state index in [1.54, 1.807) is 45.0 Å². The van der Waals surface area contributed by atoms with E-state index in [4.69, 9.17) is 10.5 Å². The highest BCUT2D eigenvalue weighted by Crippen LogP contribution is 2.14. The van der Waals surface area contributed by atoms with E-state index in [9.17, 15) is 9.18 Å². The van der Waals surface area contributed by atoms with Crippen molar-refractivity contribution in [2.75, 3.05) is 6.86 Å². The molecule has 0 aromatic heterocycles. The molecule has 0 amide bonds. The van der Waals surface area contributed by atoms with Crippen molar-refractivity contribution < 1.29 is 18.7 Å². The molecule has 0 spiro atoms. The summed E-state index contributed by atoms with van der Waals surface area (Å²) in [7, 11) is 0. The van der Waals surface area contributed by atoms with Crippen molar-refractivity contribution in [1.82, 2.24) is 0 Å². The summed E-state index contributed by atoms with van der Waals surface area (Å²) in [5, 5.41) is 0. The molecule has 4 nitrogen and oxygen atoms in total. The van der Waals surface area contributed by atoms with Gasteiger partial charge in [-0.25, -0.2) is 4.39 Å². The van der Waals surface area contributed by atoms with Gasteiger partial charge in [0.15, 0.2) is 0 Å². The number of rotatable bonds is 5. The average molecular weight is 269 g/mol. The fourth-order valence-electron chi connectivity index (χ4n) is 1.50. The van der Waals surface area contributed by atoms with Crippen LogP contribution in [0.15, 0.2) is 24.3 Å². The summed E-state index contributed by atoms with van der Waals surface area (Å²) in [6.07, 6.45) is 0.366. The Hall–Kier alpha value is -1.62. The van der Waals surface area contributed by atoms with Crippen LogP contribution in [0.1, 0.15) is 26.3 Å². The van der Waals surface area contributed by atoms with Crippen molar-refractivity contribution in [3.05, 3.63) is 29.8 Å². The molecule has 0 aliphatic rings. The zero-order chi connectivity index (χ0) is 14.5. The summed E-state index contributed by atoms with van der Waals surface area (Å²) in [5.74, 6) is 0.00803. The molecular weight excluding hydrogens is 249 g/mol. The lowest BCUT2D eigenvalue weighted by atomic mass is 10.1. The summed E-state index contributed by atoms with van der Waals surface area (Å²) in [6, 6.07) is 6.05. The largest absolute Gasteiger partial charge is 0.463 e. The van der Waals surface area contributed by atoms with Crippen molar-refractivity contribution in [1.29, 1.82) is 0 Å². The van der Waals surface area contributed by atoms with Crippen molar-refractivity contribution in [3.8, 4) is 5.75 Å². The molecule has 5 heteroatoms. The minimum Gasteiger partial charge on any atom is -0.463 e. The number of ether oxygens (including phenoxy) is 2. The molecule has 0 aliphatic carbocycles. The number of nitrogens with two attached hydrogens (primary N) is 1. The molecule has 0 saturated carbocycles. The minimum atomic E-state index is -0.864. The standard InChI is InChI=1S/C14H20FNO3/c1-14(2,3)19-13(17)12(16)8-10-4-6-11(7-5-10)18-9-15/h4-7,12H,8-9,16H2,1-3H3/t12-/m1/s1. The molecule has 1 rings (SSSR count). The van der Waals surface area contributed by atoms with Crippen LogP contribution in [-0.4, -0.2) is 24.5 Å². The highest BCUT2D eigenvalue weighted by atomic mass is 19.1. The predicted molar refractivity (Wildman–Crippen MR) is 70.6 cm³/mol. The summed E-state index contributed by atoms with van der Waals surface area (Å²) >= 11 is 0. The minimum absolute atomic E-state index is 0.366. The fourth-order valence-corrected chi connectivity index (χ4v) is 1.50. The summed E-state index contributed by atoms with van der Waals surface area (Å²) in [5.41, 5.74) is 6.10. The number of esters is 1. The predicted octanol–water partition coefficient (Wildman–Crippen LogP) is 2.20. The van der Waals surface area contributed by atoms with Crippen LogP contribution in [0.25, 0.3) is 0 Å². The van der Waals surface area contributed by atoms with E-state index in [-0.39, 0.29) is 0 Å². The van der Waals surface area contributed by atoms with Crippen molar-refractivity contribution in [2.24, 2.45) is 5.73 Å². The zero-order valence-corrected chi connectivity index (χ0v) is 11.5. The lowest BCUT2D eigenvalue weighted by Gasteiger charge is -2.22. The van der Waals surface area contributed by atoms with Crippen LogP contribution in [0.4, 0.5) is 4.39 Å². The zero-order valence-electron chi connectivity index (χ0n) is 11.5. The van der Waals surface area contributed by atoms with Crippen LogP contribution in [0, 0.1) is 0 Å². The van der Waals surface area contributed by atoms with Crippen LogP contribution in [0.2, 0.25) is 0 Å². The first-order valence-electron chi connectivity index (χ1n) is 6.08. The second-order valence-corrected chi connectivity index (χ2v) is 5.24. The molecule has 1 aromatic carbocycles. The third-order valence-electron chi connectivity index (χ3n) is 2.31. The van der Waals surface area contributed by atoms with Gasteiger partial charge in [0.2, 0.25) is 6.86 Å². The Bertz CT molecular complexity index is 412. The molecule has 0 unspecified atom stereocenters. The van der Waals surface area contributed by atoms with Gasteiger partial charge in [-0.1, -0.05) is 12.1 Å². The third kappa shape index (κ3) is 5.70. The van der Waals surface area contributed by atoms with Gasteiger partial charge in [0.1, 0.15) is 17.4 Å². The van der Waals surface area contributed by atoms with Crippen LogP contribution in [0.3, 0.4) is 0 Å². The SMILES string of the molecule is CC(C)(C)OC(=O)[C@H](N)Cc1ccc(OCF)cc1. The number of carbonyl (C=O) groups is 1. The quantitative estimate of drug-likeness (QED) is 0.832. The lowest BCUT2D eigenvalue weighted by Crippen LogP contribution is -2.38. The van der Waals surface area contributed by atoms with Gasteiger partial charge in [-0.15, -0.1) is 0 Å². The molecule has 0 aliphatic heterocycles. The van der Waals surface area contributed by atoms with Gasteiger partial charge >= 0.3 is 5.97 Å². The van der Waals surface area contributed by atoms with Crippen LogP contribution in [-0.2, 0) is 16.0 Å². The molecule has 0 radical (unpaired) electrons. The van der Waals surface area contributed by atoms with Gasteiger partial charge in [-0.05, 0) is 44.9 Å². The van der Waals surface area contributed by atoms with Gasteiger partial charge in [0.05, 0.1) is 0 Å². The normalized spacial score (nSPS) is 12.9. The van der Waals surface area contributed by atoms with Crippen molar-refractivity contribution in [2.45, 2.75) is 38.8 Å². The maximum atomic E-state index is 11.9. The first kappa shape index (κ1) is 15.4.